The summed E-state index contributed by atoms with van der Waals surface area (Å²) in [5, 5.41) is 10.4. The minimum Gasteiger partial charge on any atom is -0.494 e. The molecule has 3 nitrogen and oxygen atoms in total. The molecular formula is C19H18N2OS2. The second-order valence-electron chi connectivity index (χ2n) is 5.10. The Labute approximate surface area is 150 Å². The predicted octanol–water partition coefficient (Wildman–Crippen LogP) is 5.07. The topological polar surface area (TPSA) is 35.0 Å². The number of benzene rings is 2. The van der Waals surface area contributed by atoms with Gasteiger partial charge in [0.25, 0.3) is 0 Å². The van der Waals surface area contributed by atoms with Gasteiger partial charge in [0.1, 0.15) is 5.03 Å². The molecule has 0 radical (unpaired) electrons. The Bertz CT molecular complexity index is 767. The van der Waals surface area contributed by atoms with Crippen LogP contribution in [0.1, 0.15) is 11.1 Å². The highest BCUT2D eigenvalue weighted by Crippen LogP contribution is 2.32. The van der Waals surface area contributed by atoms with Crippen molar-refractivity contribution in [2.75, 3.05) is 7.11 Å². The number of methoxy groups -OCH3 is 1. The second kappa shape index (κ2) is 8.76. The van der Waals surface area contributed by atoms with Gasteiger partial charge in [0.15, 0.2) is 10.8 Å². The van der Waals surface area contributed by atoms with Crippen LogP contribution in [-0.2, 0) is 11.5 Å². The molecule has 0 bridgehead atoms. The first-order valence-electron chi connectivity index (χ1n) is 7.60. The zero-order valence-electron chi connectivity index (χ0n) is 13.4. The summed E-state index contributed by atoms with van der Waals surface area (Å²) in [5.74, 6) is 2.50. The van der Waals surface area contributed by atoms with Crippen LogP contribution in [0.4, 0.5) is 0 Å². The van der Waals surface area contributed by atoms with Crippen molar-refractivity contribution in [1.82, 2.24) is 10.2 Å². The van der Waals surface area contributed by atoms with Crippen molar-refractivity contribution < 1.29 is 4.74 Å². The summed E-state index contributed by atoms with van der Waals surface area (Å²) in [4.78, 5) is 0. The van der Waals surface area contributed by atoms with Gasteiger partial charge in [-0.25, -0.2) is 0 Å². The first-order valence-corrected chi connectivity index (χ1v) is 9.57. The van der Waals surface area contributed by atoms with Crippen molar-refractivity contribution in [2.24, 2.45) is 0 Å². The van der Waals surface area contributed by atoms with Crippen molar-refractivity contribution >= 4 is 23.5 Å². The summed E-state index contributed by atoms with van der Waals surface area (Å²) in [6, 6.07) is 22.6. The van der Waals surface area contributed by atoms with Gasteiger partial charge in [-0.3, -0.25) is 0 Å². The van der Waals surface area contributed by atoms with Gasteiger partial charge in [0.2, 0.25) is 0 Å². The van der Waals surface area contributed by atoms with Crippen LogP contribution in [0.25, 0.3) is 0 Å². The third-order valence-electron chi connectivity index (χ3n) is 3.37. The number of rotatable bonds is 7. The molecule has 0 saturated carbocycles. The lowest BCUT2D eigenvalue weighted by Crippen LogP contribution is -1.95. The highest BCUT2D eigenvalue weighted by Gasteiger charge is 2.09. The summed E-state index contributed by atoms with van der Waals surface area (Å²) in [5.41, 5.74) is 2.53. The first kappa shape index (κ1) is 16.9. The van der Waals surface area contributed by atoms with Gasteiger partial charge >= 0.3 is 0 Å². The normalized spacial score (nSPS) is 10.5. The molecule has 0 unspecified atom stereocenters. The highest BCUT2D eigenvalue weighted by atomic mass is 32.2. The van der Waals surface area contributed by atoms with Gasteiger partial charge in [-0.15, -0.1) is 10.2 Å². The van der Waals surface area contributed by atoms with Crippen LogP contribution in [0.5, 0.6) is 5.75 Å². The van der Waals surface area contributed by atoms with Crippen molar-refractivity contribution in [3.63, 3.8) is 0 Å². The van der Waals surface area contributed by atoms with Crippen LogP contribution in [0.15, 0.2) is 76.8 Å². The fourth-order valence-electron chi connectivity index (χ4n) is 2.12. The Morgan fingerprint density at radius 3 is 1.96 bits per heavy atom. The highest BCUT2D eigenvalue weighted by molar-refractivity contribution is 7.98. The fourth-order valence-corrected chi connectivity index (χ4v) is 3.80. The van der Waals surface area contributed by atoms with E-state index in [1.165, 1.54) is 11.1 Å². The van der Waals surface area contributed by atoms with E-state index in [4.69, 9.17) is 4.74 Å². The molecule has 24 heavy (non-hydrogen) atoms. The Kier molecular flexibility index (Phi) is 6.15. The van der Waals surface area contributed by atoms with E-state index in [1.807, 2.05) is 42.5 Å². The number of hydrogen-bond donors (Lipinski definition) is 0. The number of thioether (sulfide) groups is 2. The average Bonchev–Trinajstić information content (AvgIpc) is 2.66. The van der Waals surface area contributed by atoms with E-state index in [1.54, 1.807) is 30.6 Å². The number of hydrogen-bond acceptors (Lipinski definition) is 5. The van der Waals surface area contributed by atoms with Crippen LogP contribution < -0.4 is 4.74 Å². The van der Waals surface area contributed by atoms with Crippen LogP contribution in [0.2, 0.25) is 0 Å². The molecule has 1 aromatic heterocycles. The molecule has 0 N–H and O–H groups in total. The van der Waals surface area contributed by atoms with E-state index in [0.29, 0.717) is 0 Å². The maximum atomic E-state index is 5.49. The lowest BCUT2D eigenvalue weighted by atomic mass is 10.2. The molecule has 0 aliphatic rings. The monoisotopic (exact) mass is 354 g/mol. The van der Waals surface area contributed by atoms with Gasteiger partial charge in [-0.2, -0.15) is 0 Å². The van der Waals surface area contributed by atoms with E-state index < -0.39 is 0 Å². The molecule has 0 spiro atoms. The van der Waals surface area contributed by atoms with Gasteiger partial charge in [-0.1, -0.05) is 84.2 Å². The van der Waals surface area contributed by atoms with Crippen molar-refractivity contribution in [3.05, 3.63) is 77.9 Å². The Morgan fingerprint density at radius 2 is 1.38 bits per heavy atom. The summed E-state index contributed by atoms with van der Waals surface area (Å²) >= 11 is 3.30. The third-order valence-corrected chi connectivity index (χ3v) is 5.38. The standard InChI is InChI=1S/C19H18N2OS2/c1-22-17-12-18(23-13-15-8-4-2-5-9-15)20-21-19(17)24-14-16-10-6-3-7-11-16/h2-12H,13-14H2,1H3. The molecule has 0 atom stereocenters. The molecule has 0 saturated heterocycles. The summed E-state index contributed by atoms with van der Waals surface area (Å²) in [6.45, 7) is 0. The van der Waals surface area contributed by atoms with Crippen LogP contribution in [-0.4, -0.2) is 17.3 Å². The van der Waals surface area contributed by atoms with E-state index in [0.717, 1.165) is 27.3 Å². The molecule has 0 aliphatic carbocycles. The minimum atomic E-state index is 0.779. The van der Waals surface area contributed by atoms with Crippen molar-refractivity contribution in [2.45, 2.75) is 21.6 Å². The fraction of sp³-hybridized carbons (Fsp3) is 0.158. The zero-order valence-corrected chi connectivity index (χ0v) is 15.0. The lowest BCUT2D eigenvalue weighted by Gasteiger charge is -2.08. The van der Waals surface area contributed by atoms with Crippen LogP contribution >= 0.6 is 23.5 Å². The minimum absolute atomic E-state index is 0.779. The SMILES string of the molecule is COc1cc(SCc2ccccc2)nnc1SCc1ccccc1. The smallest absolute Gasteiger partial charge is 0.161 e. The number of nitrogens with zero attached hydrogens (tertiary/aromatic N) is 2. The van der Waals surface area contributed by atoms with Gasteiger partial charge in [0.05, 0.1) is 7.11 Å². The maximum Gasteiger partial charge on any atom is 0.161 e. The van der Waals surface area contributed by atoms with Crippen molar-refractivity contribution in [1.29, 1.82) is 0 Å². The molecule has 5 heteroatoms. The van der Waals surface area contributed by atoms with Crippen molar-refractivity contribution in [3.8, 4) is 5.75 Å². The Balaban J connectivity index is 1.64. The van der Waals surface area contributed by atoms with Gasteiger partial charge < -0.3 is 4.74 Å². The maximum absolute atomic E-state index is 5.49. The molecule has 0 fully saturated rings. The third kappa shape index (κ3) is 4.76. The molecule has 3 rings (SSSR count). The molecule has 0 amide bonds. The molecule has 3 aromatic rings. The molecule has 1 heterocycles. The molecule has 2 aromatic carbocycles. The summed E-state index contributed by atoms with van der Waals surface area (Å²) in [6.07, 6.45) is 0. The molecule has 122 valence electrons. The predicted molar refractivity (Wildman–Crippen MR) is 101 cm³/mol. The summed E-state index contributed by atoms with van der Waals surface area (Å²) in [7, 11) is 1.68. The van der Waals surface area contributed by atoms with Crippen LogP contribution in [0, 0.1) is 0 Å². The number of ether oxygens (including phenoxy) is 1. The zero-order chi connectivity index (χ0) is 16.6. The largest absolute Gasteiger partial charge is 0.494 e. The Morgan fingerprint density at radius 1 is 0.792 bits per heavy atom. The second-order valence-corrected chi connectivity index (χ2v) is 7.06. The van der Waals surface area contributed by atoms with Gasteiger partial charge in [-0.05, 0) is 11.1 Å². The molecule has 0 aliphatic heterocycles. The summed E-state index contributed by atoms with van der Waals surface area (Å²) < 4.78 is 5.49. The average molecular weight is 355 g/mol. The Hall–Kier alpha value is -1.98. The number of aromatic nitrogens is 2. The quantitative estimate of drug-likeness (QED) is 0.554. The van der Waals surface area contributed by atoms with E-state index in [9.17, 15) is 0 Å². The van der Waals surface area contributed by atoms with Gasteiger partial charge in [0, 0.05) is 17.6 Å². The van der Waals surface area contributed by atoms with E-state index in [-0.39, 0.29) is 0 Å². The lowest BCUT2D eigenvalue weighted by molar-refractivity contribution is 0.395. The first-order chi connectivity index (χ1) is 11.8. The molecular weight excluding hydrogens is 336 g/mol. The van der Waals surface area contributed by atoms with E-state index in [2.05, 4.69) is 34.5 Å². The van der Waals surface area contributed by atoms with E-state index >= 15 is 0 Å². The van der Waals surface area contributed by atoms with Crippen LogP contribution in [0.3, 0.4) is 0 Å².